The number of nitrogens with zero attached hydrogens (tertiary/aromatic N) is 3. The van der Waals surface area contributed by atoms with Crippen LogP contribution in [-0.4, -0.2) is 52.1 Å². The van der Waals surface area contributed by atoms with E-state index in [4.69, 9.17) is 5.11 Å². The van der Waals surface area contributed by atoms with Gasteiger partial charge in [-0.05, 0) is 20.0 Å². The summed E-state index contributed by atoms with van der Waals surface area (Å²) in [6.07, 6.45) is 2.59. The monoisotopic (exact) mass is 255 g/mol. The maximum Gasteiger partial charge on any atom is 0.358 e. The van der Waals surface area contributed by atoms with Gasteiger partial charge in [0.2, 0.25) is 5.91 Å². The van der Waals surface area contributed by atoms with Gasteiger partial charge in [-0.25, -0.2) is 9.48 Å². The van der Waals surface area contributed by atoms with Crippen molar-refractivity contribution < 1.29 is 14.7 Å². The molecule has 1 amide bonds. The fourth-order valence-corrected chi connectivity index (χ4v) is 1.33. The molecule has 100 valence electrons. The van der Waals surface area contributed by atoms with E-state index >= 15 is 0 Å². The van der Waals surface area contributed by atoms with Crippen LogP contribution in [0.15, 0.2) is 6.20 Å². The van der Waals surface area contributed by atoms with Gasteiger partial charge in [-0.15, -0.1) is 5.10 Å². The molecule has 0 saturated heterocycles. The number of hydrogen-bond donors (Lipinski definition) is 3. The van der Waals surface area contributed by atoms with E-state index in [1.165, 1.54) is 10.9 Å². The number of hydrogen-bond acceptors (Lipinski definition) is 5. The highest BCUT2D eigenvalue weighted by Crippen LogP contribution is 1.92. The summed E-state index contributed by atoms with van der Waals surface area (Å²) in [5.74, 6) is -1.14. The number of nitrogens with one attached hydrogen (secondary N) is 2. The molecule has 0 bridgehead atoms. The van der Waals surface area contributed by atoms with Crippen molar-refractivity contribution in [1.29, 1.82) is 0 Å². The zero-order valence-electron chi connectivity index (χ0n) is 10.2. The third-order valence-electron chi connectivity index (χ3n) is 2.25. The molecule has 0 aliphatic heterocycles. The third kappa shape index (κ3) is 4.91. The number of carboxylic acids is 1. The Kier molecular flexibility index (Phi) is 5.78. The number of aromatic nitrogens is 3. The number of aromatic carboxylic acids is 1. The van der Waals surface area contributed by atoms with Gasteiger partial charge in [-0.1, -0.05) is 5.21 Å². The van der Waals surface area contributed by atoms with Gasteiger partial charge in [0.15, 0.2) is 5.69 Å². The number of carbonyl (C=O) groups excluding carboxylic acids is 1. The Balaban J connectivity index is 2.20. The topological polar surface area (TPSA) is 109 Å². The normalized spacial score (nSPS) is 10.3. The van der Waals surface area contributed by atoms with Gasteiger partial charge in [-0.3, -0.25) is 4.79 Å². The lowest BCUT2D eigenvalue weighted by Crippen LogP contribution is -2.27. The van der Waals surface area contributed by atoms with E-state index in [1.807, 2.05) is 7.05 Å². The second kappa shape index (κ2) is 7.38. The summed E-state index contributed by atoms with van der Waals surface area (Å²) in [7, 11) is 1.84. The smallest absolute Gasteiger partial charge is 0.358 e. The highest BCUT2D eigenvalue weighted by Gasteiger charge is 2.07. The standard InChI is InChI=1S/C10H17N5O3/c1-11-4-2-3-9(16)12-5-6-15-7-8(10(17)18)13-14-15/h7,11H,2-6H2,1H3,(H,12,16)(H,17,18). The average Bonchev–Trinajstić information content (AvgIpc) is 2.78. The Labute approximate surface area is 104 Å². The lowest BCUT2D eigenvalue weighted by atomic mass is 10.3. The SMILES string of the molecule is CNCCCC(=O)NCCn1cc(C(=O)O)nn1. The number of carbonyl (C=O) groups is 2. The fourth-order valence-electron chi connectivity index (χ4n) is 1.33. The molecular formula is C10H17N5O3. The van der Waals surface area contributed by atoms with Crippen LogP contribution >= 0.6 is 0 Å². The molecule has 1 aromatic rings. The zero-order chi connectivity index (χ0) is 13.4. The highest BCUT2D eigenvalue weighted by molar-refractivity contribution is 5.84. The van der Waals surface area contributed by atoms with Gasteiger partial charge in [0.25, 0.3) is 0 Å². The molecule has 1 rings (SSSR count). The van der Waals surface area contributed by atoms with Crippen LogP contribution in [0.1, 0.15) is 23.3 Å². The van der Waals surface area contributed by atoms with Crippen LogP contribution in [-0.2, 0) is 11.3 Å². The van der Waals surface area contributed by atoms with Crippen LogP contribution in [0.25, 0.3) is 0 Å². The molecule has 0 atom stereocenters. The van der Waals surface area contributed by atoms with Crippen LogP contribution in [0, 0.1) is 0 Å². The Morgan fingerprint density at radius 3 is 2.83 bits per heavy atom. The molecule has 3 N–H and O–H groups in total. The second-order valence-electron chi connectivity index (χ2n) is 3.73. The van der Waals surface area contributed by atoms with Crippen molar-refractivity contribution >= 4 is 11.9 Å². The quantitative estimate of drug-likeness (QED) is 0.519. The molecule has 1 aromatic heterocycles. The van der Waals surface area contributed by atoms with Gasteiger partial charge in [0.1, 0.15) is 0 Å². The van der Waals surface area contributed by atoms with E-state index in [9.17, 15) is 9.59 Å². The van der Waals surface area contributed by atoms with Crippen molar-refractivity contribution in [3.63, 3.8) is 0 Å². The van der Waals surface area contributed by atoms with Crippen LogP contribution in [0.2, 0.25) is 0 Å². The molecule has 0 aliphatic rings. The Hall–Kier alpha value is -1.96. The minimum Gasteiger partial charge on any atom is -0.476 e. The van der Waals surface area contributed by atoms with Crippen molar-refractivity contribution in [2.75, 3.05) is 20.1 Å². The minimum atomic E-state index is -1.11. The van der Waals surface area contributed by atoms with E-state index in [0.717, 1.165) is 13.0 Å². The van der Waals surface area contributed by atoms with Crippen LogP contribution in [0.5, 0.6) is 0 Å². The first-order valence-electron chi connectivity index (χ1n) is 5.68. The van der Waals surface area contributed by atoms with E-state index in [1.54, 1.807) is 0 Å². The Morgan fingerprint density at radius 1 is 1.44 bits per heavy atom. The summed E-state index contributed by atoms with van der Waals surface area (Å²) in [5, 5.41) is 21.4. The second-order valence-corrected chi connectivity index (χ2v) is 3.73. The van der Waals surface area contributed by atoms with E-state index < -0.39 is 5.97 Å². The van der Waals surface area contributed by atoms with Gasteiger partial charge >= 0.3 is 5.97 Å². The molecule has 0 aromatic carbocycles. The third-order valence-corrected chi connectivity index (χ3v) is 2.25. The van der Waals surface area contributed by atoms with Crippen molar-refractivity contribution in [2.24, 2.45) is 0 Å². The number of amides is 1. The van der Waals surface area contributed by atoms with Gasteiger partial charge in [0.05, 0.1) is 12.7 Å². The molecule has 1 heterocycles. The maximum atomic E-state index is 11.3. The summed E-state index contributed by atoms with van der Waals surface area (Å²) in [6, 6.07) is 0. The van der Waals surface area contributed by atoms with Crippen LogP contribution in [0.4, 0.5) is 0 Å². The molecule has 0 radical (unpaired) electrons. The lowest BCUT2D eigenvalue weighted by molar-refractivity contribution is -0.121. The highest BCUT2D eigenvalue weighted by atomic mass is 16.4. The van der Waals surface area contributed by atoms with E-state index in [2.05, 4.69) is 20.9 Å². The molecule has 0 fully saturated rings. The first-order valence-corrected chi connectivity index (χ1v) is 5.68. The molecule has 18 heavy (non-hydrogen) atoms. The summed E-state index contributed by atoms with van der Waals surface area (Å²) < 4.78 is 1.39. The van der Waals surface area contributed by atoms with Crippen LogP contribution in [0.3, 0.4) is 0 Å². The van der Waals surface area contributed by atoms with E-state index in [0.29, 0.717) is 19.5 Å². The van der Waals surface area contributed by atoms with Crippen molar-refractivity contribution in [3.8, 4) is 0 Å². The molecule has 0 aliphatic carbocycles. The summed E-state index contributed by atoms with van der Waals surface area (Å²) in [6.45, 7) is 1.61. The minimum absolute atomic E-state index is 0.0242. The van der Waals surface area contributed by atoms with Gasteiger partial charge in [0, 0.05) is 13.0 Å². The van der Waals surface area contributed by atoms with Crippen molar-refractivity contribution in [1.82, 2.24) is 25.6 Å². The first-order chi connectivity index (χ1) is 8.63. The molecule has 8 nitrogen and oxygen atoms in total. The largest absolute Gasteiger partial charge is 0.476 e. The molecule has 0 unspecified atom stereocenters. The van der Waals surface area contributed by atoms with Gasteiger partial charge < -0.3 is 15.7 Å². The number of carboxylic acid groups (broad SMARTS) is 1. The molecule has 0 saturated carbocycles. The van der Waals surface area contributed by atoms with Crippen molar-refractivity contribution in [2.45, 2.75) is 19.4 Å². The molecule has 8 heteroatoms. The maximum absolute atomic E-state index is 11.3. The fraction of sp³-hybridized carbons (Fsp3) is 0.600. The molecular weight excluding hydrogens is 238 g/mol. The predicted octanol–water partition coefficient (Wildman–Crippen LogP) is -0.908. The lowest BCUT2D eigenvalue weighted by Gasteiger charge is -2.04. The first kappa shape index (κ1) is 14.1. The van der Waals surface area contributed by atoms with Gasteiger partial charge in [-0.2, -0.15) is 0 Å². The summed E-state index contributed by atoms with van der Waals surface area (Å²) in [4.78, 5) is 21.9. The summed E-state index contributed by atoms with van der Waals surface area (Å²) in [5.41, 5.74) is -0.102. The predicted molar refractivity (Wildman–Crippen MR) is 63.2 cm³/mol. The Morgan fingerprint density at radius 2 is 2.22 bits per heavy atom. The molecule has 0 spiro atoms. The van der Waals surface area contributed by atoms with E-state index in [-0.39, 0.29) is 11.6 Å². The Bertz CT molecular complexity index is 404. The van der Waals surface area contributed by atoms with Crippen molar-refractivity contribution in [3.05, 3.63) is 11.9 Å². The summed E-state index contributed by atoms with van der Waals surface area (Å²) >= 11 is 0. The number of rotatable bonds is 8. The van der Waals surface area contributed by atoms with Crippen LogP contribution < -0.4 is 10.6 Å². The average molecular weight is 255 g/mol. The zero-order valence-corrected chi connectivity index (χ0v) is 10.2.